The maximum atomic E-state index is 5.69. The van der Waals surface area contributed by atoms with Crippen LogP contribution >= 0.6 is 0 Å². The predicted molar refractivity (Wildman–Crippen MR) is 69.1 cm³/mol. The lowest BCUT2D eigenvalue weighted by molar-refractivity contribution is 0.356. The summed E-state index contributed by atoms with van der Waals surface area (Å²) in [6.07, 6.45) is 4.51. The summed E-state index contributed by atoms with van der Waals surface area (Å²) in [6.45, 7) is 2.92. The highest BCUT2D eigenvalue weighted by atomic mass is 16.5. The molecule has 0 N–H and O–H groups in total. The minimum Gasteiger partial charge on any atom is -0.489 e. The van der Waals surface area contributed by atoms with E-state index >= 15 is 0 Å². The first-order chi connectivity index (χ1) is 7.72. The van der Waals surface area contributed by atoms with Crippen LogP contribution in [0.25, 0.3) is 5.57 Å². The molecular weight excluding hydrogens is 198 g/mol. The van der Waals surface area contributed by atoms with Gasteiger partial charge in [0, 0.05) is 31.4 Å². The third-order valence-electron chi connectivity index (χ3n) is 2.92. The van der Waals surface area contributed by atoms with E-state index in [-0.39, 0.29) is 0 Å². The van der Waals surface area contributed by atoms with Crippen molar-refractivity contribution in [3.8, 4) is 5.75 Å². The number of benzene rings is 1. The lowest BCUT2D eigenvalue weighted by Crippen LogP contribution is -2.10. The van der Waals surface area contributed by atoms with Crippen molar-refractivity contribution < 1.29 is 4.74 Å². The average Bonchev–Trinajstić information content (AvgIpc) is 2.29. The van der Waals surface area contributed by atoms with Crippen molar-refractivity contribution in [2.24, 2.45) is 0 Å². The van der Waals surface area contributed by atoms with Crippen LogP contribution in [0.15, 0.2) is 24.3 Å². The quantitative estimate of drug-likeness (QED) is 0.770. The average molecular weight is 217 g/mol. The van der Waals surface area contributed by atoms with Gasteiger partial charge in [0.1, 0.15) is 12.4 Å². The van der Waals surface area contributed by atoms with Gasteiger partial charge in [0.15, 0.2) is 0 Å². The molecule has 0 amide bonds. The van der Waals surface area contributed by atoms with Gasteiger partial charge >= 0.3 is 0 Å². The summed E-state index contributed by atoms with van der Waals surface area (Å²) in [5.74, 6) is 1.03. The SMILES string of the molecule is CCCC1=CCOc2cc(N(C)C)ccc21. The van der Waals surface area contributed by atoms with Crippen LogP contribution in [0.5, 0.6) is 5.75 Å². The number of nitrogens with zero attached hydrogens (tertiary/aromatic N) is 1. The predicted octanol–water partition coefficient (Wildman–Crippen LogP) is 3.33. The standard InChI is InChI=1S/C14H19NO/c1-4-5-11-8-9-16-14-10-12(15(2)3)6-7-13(11)14/h6-8,10H,4-5,9H2,1-3H3. The Balaban J connectivity index is 2.35. The summed E-state index contributed by atoms with van der Waals surface area (Å²) in [6, 6.07) is 6.44. The minimum absolute atomic E-state index is 0.708. The van der Waals surface area contributed by atoms with E-state index in [9.17, 15) is 0 Å². The van der Waals surface area contributed by atoms with Crippen LogP contribution < -0.4 is 9.64 Å². The number of rotatable bonds is 3. The number of hydrogen-bond acceptors (Lipinski definition) is 2. The molecule has 1 heterocycles. The molecule has 1 aromatic rings. The van der Waals surface area contributed by atoms with Gasteiger partial charge in [-0.3, -0.25) is 0 Å². The van der Waals surface area contributed by atoms with Crippen molar-refractivity contribution in [2.45, 2.75) is 19.8 Å². The van der Waals surface area contributed by atoms with Crippen molar-refractivity contribution >= 4 is 11.3 Å². The van der Waals surface area contributed by atoms with Crippen LogP contribution in [0.1, 0.15) is 25.3 Å². The molecule has 0 atom stereocenters. The first kappa shape index (κ1) is 11.1. The van der Waals surface area contributed by atoms with Crippen molar-refractivity contribution in [1.29, 1.82) is 0 Å². The van der Waals surface area contributed by atoms with Gasteiger partial charge in [0.2, 0.25) is 0 Å². The molecule has 0 saturated carbocycles. The molecule has 86 valence electrons. The summed E-state index contributed by atoms with van der Waals surface area (Å²) in [5.41, 5.74) is 3.88. The van der Waals surface area contributed by atoms with Gasteiger partial charge in [-0.25, -0.2) is 0 Å². The highest BCUT2D eigenvalue weighted by Crippen LogP contribution is 2.34. The summed E-state index contributed by atoms with van der Waals surface area (Å²) >= 11 is 0. The fourth-order valence-electron chi connectivity index (χ4n) is 2.02. The number of anilines is 1. The Hall–Kier alpha value is -1.44. The number of allylic oxidation sites excluding steroid dienone is 1. The van der Waals surface area contributed by atoms with Crippen molar-refractivity contribution in [3.63, 3.8) is 0 Å². The van der Waals surface area contributed by atoms with E-state index in [1.165, 1.54) is 23.2 Å². The molecule has 1 aliphatic heterocycles. The van der Waals surface area contributed by atoms with E-state index in [0.29, 0.717) is 6.61 Å². The molecule has 2 nitrogen and oxygen atoms in total. The minimum atomic E-state index is 0.708. The van der Waals surface area contributed by atoms with Crippen LogP contribution in [-0.2, 0) is 0 Å². The van der Waals surface area contributed by atoms with Crippen LogP contribution in [0.4, 0.5) is 5.69 Å². The molecule has 0 spiro atoms. The summed E-state index contributed by atoms with van der Waals surface area (Å²) < 4.78 is 5.69. The van der Waals surface area contributed by atoms with Gasteiger partial charge in [-0.15, -0.1) is 0 Å². The van der Waals surface area contributed by atoms with Gasteiger partial charge < -0.3 is 9.64 Å². The van der Waals surface area contributed by atoms with Crippen molar-refractivity contribution in [2.75, 3.05) is 25.6 Å². The Morgan fingerprint density at radius 3 is 2.81 bits per heavy atom. The lowest BCUT2D eigenvalue weighted by atomic mass is 9.98. The van der Waals surface area contributed by atoms with Crippen molar-refractivity contribution in [3.05, 3.63) is 29.8 Å². The highest BCUT2D eigenvalue weighted by Gasteiger charge is 2.13. The molecule has 0 radical (unpaired) electrons. The molecule has 0 bridgehead atoms. The molecule has 1 aromatic carbocycles. The van der Waals surface area contributed by atoms with Crippen LogP contribution in [0.3, 0.4) is 0 Å². The maximum absolute atomic E-state index is 5.69. The number of fused-ring (bicyclic) bond motifs is 1. The second-order valence-corrected chi connectivity index (χ2v) is 4.37. The monoisotopic (exact) mass is 217 g/mol. The third kappa shape index (κ3) is 2.06. The van der Waals surface area contributed by atoms with E-state index in [0.717, 1.165) is 12.2 Å². The van der Waals surface area contributed by atoms with Gasteiger partial charge in [-0.2, -0.15) is 0 Å². The highest BCUT2D eigenvalue weighted by molar-refractivity contribution is 5.74. The van der Waals surface area contributed by atoms with E-state index in [1.54, 1.807) is 0 Å². The molecular formula is C14H19NO. The van der Waals surface area contributed by atoms with E-state index < -0.39 is 0 Å². The second-order valence-electron chi connectivity index (χ2n) is 4.37. The molecule has 2 rings (SSSR count). The molecule has 0 unspecified atom stereocenters. The van der Waals surface area contributed by atoms with Gasteiger partial charge in [0.25, 0.3) is 0 Å². The Labute approximate surface area is 97.5 Å². The Morgan fingerprint density at radius 1 is 1.31 bits per heavy atom. The topological polar surface area (TPSA) is 12.5 Å². The first-order valence-corrected chi connectivity index (χ1v) is 5.86. The molecule has 0 aromatic heterocycles. The van der Waals surface area contributed by atoms with Crippen LogP contribution in [0.2, 0.25) is 0 Å². The Morgan fingerprint density at radius 2 is 2.12 bits per heavy atom. The first-order valence-electron chi connectivity index (χ1n) is 5.86. The summed E-state index contributed by atoms with van der Waals surface area (Å²) in [5, 5.41) is 0. The second kappa shape index (κ2) is 4.60. The Kier molecular flexibility index (Phi) is 3.18. The molecule has 1 aliphatic rings. The normalized spacial score (nSPS) is 13.8. The van der Waals surface area contributed by atoms with Crippen LogP contribution in [0, 0.1) is 0 Å². The third-order valence-corrected chi connectivity index (χ3v) is 2.92. The van der Waals surface area contributed by atoms with Gasteiger partial charge in [-0.1, -0.05) is 13.3 Å². The largest absolute Gasteiger partial charge is 0.489 e. The van der Waals surface area contributed by atoms with E-state index in [4.69, 9.17) is 4.74 Å². The molecule has 0 aliphatic carbocycles. The maximum Gasteiger partial charge on any atom is 0.129 e. The fourth-order valence-corrected chi connectivity index (χ4v) is 2.02. The van der Waals surface area contributed by atoms with Crippen LogP contribution in [-0.4, -0.2) is 20.7 Å². The van der Waals surface area contributed by atoms with Crippen molar-refractivity contribution in [1.82, 2.24) is 0 Å². The van der Waals surface area contributed by atoms with Gasteiger partial charge in [0.05, 0.1) is 0 Å². The van der Waals surface area contributed by atoms with E-state index in [2.05, 4.69) is 36.1 Å². The zero-order valence-corrected chi connectivity index (χ0v) is 10.3. The molecule has 2 heteroatoms. The summed E-state index contributed by atoms with van der Waals surface area (Å²) in [4.78, 5) is 2.10. The fraction of sp³-hybridized carbons (Fsp3) is 0.429. The number of hydrogen-bond donors (Lipinski definition) is 0. The lowest BCUT2D eigenvalue weighted by Gasteiger charge is -2.21. The zero-order valence-electron chi connectivity index (χ0n) is 10.3. The Bertz CT molecular complexity index is 407. The van der Waals surface area contributed by atoms with E-state index in [1.807, 2.05) is 14.1 Å². The molecule has 0 fully saturated rings. The van der Waals surface area contributed by atoms with Gasteiger partial charge in [-0.05, 0) is 30.2 Å². The molecule has 16 heavy (non-hydrogen) atoms. The smallest absolute Gasteiger partial charge is 0.129 e. The zero-order chi connectivity index (χ0) is 11.5. The summed E-state index contributed by atoms with van der Waals surface area (Å²) in [7, 11) is 4.10. The number of ether oxygens (including phenoxy) is 1. The molecule has 0 saturated heterocycles.